The molecule has 0 aromatic heterocycles. The third-order valence-electron chi connectivity index (χ3n) is 7.61. The fourth-order valence-electron chi connectivity index (χ4n) is 5.47. The normalized spacial score (nSPS) is 11.0. The van der Waals surface area contributed by atoms with E-state index in [4.69, 9.17) is 0 Å². The highest BCUT2D eigenvalue weighted by Gasteiger charge is 2.08. The summed E-state index contributed by atoms with van der Waals surface area (Å²) in [7, 11) is 0. The van der Waals surface area contributed by atoms with E-state index in [9.17, 15) is 0 Å². The third kappa shape index (κ3) is 5.87. The molecule has 0 saturated heterocycles. The molecule has 0 atom stereocenters. The topological polar surface area (TPSA) is 0 Å². The van der Waals surface area contributed by atoms with Crippen molar-refractivity contribution in [2.45, 2.75) is 78.1 Å². The number of unbranched alkanes of at least 4 members (excludes halogenated alkanes) is 8. The van der Waals surface area contributed by atoms with Crippen molar-refractivity contribution >= 4 is 43.1 Å². The van der Waals surface area contributed by atoms with Crippen LogP contribution in [0.25, 0.3) is 43.1 Å². The molecule has 0 nitrogen and oxygen atoms in total. The Bertz CT molecular complexity index is 1570. The number of benzene rings is 5. The van der Waals surface area contributed by atoms with Gasteiger partial charge in [0.25, 0.3) is 0 Å². The predicted octanol–water partition coefficient (Wildman–Crippen LogP) is 10.9. The summed E-state index contributed by atoms with van der Waals surface area (Å²) in [6.07, 6.45) is 12.1. The molecule has 0 fully saturated rings. The number of fused-ring (bicyclic) bond motifs is 7. The molecule has 0 unspecified atom stereocenters. The maximum Gasteiger partial charge on any atom is 0.0251 e. The first-order valence-electron chi connectivity index (χ1n) is 14.6. The Balaban J connectivity index is 1.42. The maximum atomic E-state index is 3.38. The first-order chi connectivity index (χ1) is 18.8. The van der Waals surface area contributed by atoms with E-state index in [2.05, 4.69) is 110 Å². The third-order valence-corrected chi connectivity index (χ3v) is 7.61. The Hall–Kier alpha value is -3.74. The summed E-state index contributed by atoms with van der Waals surface area (Å²) in [6, 6.07) is 27.0. The van der Waals surface area contributed by atoms with E-state index >= 15 is 0 Å². The van der Waals surface area contributed by atoms with Crippen LogP contribution in [0.1, 0.15) is 89.2 Å². The smallest absolute Gasteiger partial charge is 0.0251 e. The summed E-state index contributed by atoms with van der Waals surface area (Å²) in [5.41, 5.74) is 2.22. The van der Waals surface area contributed by atoms with Crippen molar-refractivity contribution in [2.24, 2.45) is 0 Å². The van der Waals surface area contributed by atoms with E-state index < -0.39 is 0 Å². The van der Waals surface area contributed by atoms with Crippen molar-refractivity contribution in [3.63, 3.8) is 0 Å². The Morgan fingerprint density at radius 2 is 0.816 bits per heavy atom. The van der Waals surface area contributed by atoms with Crippen LogP contribution in [0.15, 0.2) is 72.8 Å². The van der Waals surface area contributed by atoms with Gasteiger partial charge in [-0.1, -0.05) is 125 Å². The van der Waals surface area contributed by atoms with Crippen LogP contribution in [0.5, 0.6) is 0 Å². The van der Waals surface area contributed by atoms with E-state index in [1.54, 1.807) is 0 Å². The Morgan fingerprint density at radius 1 is 0.421 bits per heavy atom. The molecule has 5 rings (SSSR count). The van der Waals surface area contributed by atoms with Gasteiger partial charge in [0.1, 0.15) is 0 Å². The van der Waals surface area contributed by atoms with E-state index in [1.807, 2.05) is 0 Å². The number of rotatable bonds is 8. The second kappa shape index (κ2) is 12.7. The minimum absolute atomic E-state index is 0.989. The minimum Gasteiger partial charge on any atom is -0.0979 e. The lowest BCUT2D eigenvalue weighted by molar-refractivity contribution is 0.679. The first kappa shape index (κ1) is 25.9. The summed E-state index contributed by atoms with van der Waals surface area (Å²) < 4.78 is 0. The lowest BCUT2D eigenvalue weighted by Gasteiger charge is -2.10. The van der Waals surface area contributed by atoms with Crippen LogP contribution in [0, 0.1) is 23.7 Å². The predicted molar refractivity (Wildman–Crippen MR) is 168 cm³/mol. The van der Waals surface area contributed by atoms with Gasteiger partial charge in [-0.15, -0.1) is 0 Å². The van der Waals surface area contributed by atoms with Crippen LogP contribution in [-0.4, -0.2) is 0 Å². The summed E-state index contributed by atoms with van der Waals surface area (Å²) >= 11 is 0. The number of hydrogen-bond acceptors (Lipinski definition) is 0. The van der Waals surface area contributed by atoms with Crippen LogP contribution < -0.4 is 0 Å². The molecular weight excluding hydrogens is 456 g/mol. The van der Waals surface area contributed by atoms with Crippen LogP contribution in [0.2, 0.25) is 0 Å². The molecule has 0 saturated carbocycles. The van der Waals surface area contributed by atoms with Crippen LogP contribution in [0.4, 0.5) is 0 Å². The summed E-state index contributed by atoms with van der Waals surface area (Å²) in [5, 5.41) is 10.3. The molecule has 5 aromatic carbocycles. The molecule has 190 valence electrons. The van der Waals surface area contributed by atoms with Gasteiger partial charge in [0.05, 0.1) is 0 Å². The lowest BCUT2D eigenvalue weighted by atomic mass is 9.93. The second-order valence-electron chi connectivity index (χ2n) is 10.5. The van der Waals surface area contributed by atoms with Crippen molar-refractivity contribution in [3.05, 3.63) is 83.9 Å². The van der Waals surface area contributed by atoms with Crippen molar-refractivity contribution in [2.75, 3.05) is 0 Å². The molecule has 0 N–H and O–H groups in total. The molecule has 0 spiro atoms. The van der Waals surface area contributed by atoms with Gasteiger partial charge >= 0.3 is 0 Å². The van der Waals surface area contributed by atoms with Gasteiger partial charge in [-0.2, -0.15) is 0 Å². The lowest BCUT2D eigenvalue weighted by Crippen LogP contribution is -1.85. The van der Waals surface area contributed by atoms with E-state index in [-0.39, 0.29) is 0 Å². The van der Waals surface area contributed by atoms with Crippen molar-refractivity contribution in [1.29, 1.82) is 0 Å². The largest absolute Gasteiger partial charge is 0.0979 e. The molecule has 0 heterocycles. The highest BCUT2D eigenvalue weighted by atomic mass is 14.1. The van der Waals surface area contributed by atoms with Crippen molar-refractivity contribution in [3.8, 4) is 23.7 Å². The summed E-state index contributed by atoms with van der Waals surface area (Å²) in [4.78, 5) is 0. The minimum atomic E-state index is 0.989. The van der Waals surface area contributed by atoms with Crippen LogP contribution in [-0.2, 0) is 0 Å². The monoisotopic (exact) mass is 494 g/mol. The Kier molecular flexibility index (Phi) is 8.64. The number of hydrogen-bond donors (Lipinski definition) is 0. The fraction of sp³-hybridized carbons (Fsp3) is 0.316. The van der Waals surface area contributed by atoms with Gasteiger partial charge in [0.15, 0.2) is 0 Å². The van der Waals surface area contributed by atoms with Crippen molar-refractivity contribution < 1.29 is 0 Å². The quantitative estimate of drug-likeness (QED) is 0.114. The average molecular weight is 495 g/mol. The second-order valence-corrected chi connectivity index (χ2v) is 10.5. The molecular formula is C38H38. The molecule has 0 aliphatic heterocycles. The molecule has 0 bridgehead atoms. The zero-order valence-electron chi connectivity index (χ0n) is 23.0. The SMILES string of the molecule is CCCCCCC#Cc1ccc2c(ccc3c2ccc2c4ccc(C#CCCCCCC)cc4ccc23)c1. The molecule has 5 aromatic rings. The molecule has 0 aliphatic carbocycles. The zero-order chi connectivity index (χ0) is 26.2. The molecule has 0 radical (unpaired) electrons. The van der Waals surface area contributed by atoms with E-state index in [0.29, 0.717) is 0 Å². The van der Waals surface area contributed by atoms with Gasteiger partial charge in [0.2, 0.25) is 0 Å². The molecule has 38 heavy (non-hydrogen) atoms. The van der Waals surface area contributed by atoms with Crippen molar-refractivity contribution in [1.82, 2.24) is 0 Å². The van der Waals surface area contributed by atoms with E-state index in [1.165, 1.54) is 94.5 Å². The van der Waals surface area contributed by atoms with Crippen LogP contribution in [0.3, 0.4) is 0 Å². The summed E-state index contributed by atoms with van der Waals surface area (Å²) in [5.74, 6) is 13.5. The molecule has 0 amide bonds. The highest BCUT2D eigenvalue weighted by Crippen LogP contribution is 2.35. The zero-order valence-corrected chi connectivity index (χ0v) is 23.0. The molecule has 0 heteroatoms. The molecule has 0 aliphatic rings. The average Bonchev–Trinajstić information content (AvgIpc) is 2.95. The first-order valence-corrected chi connectivity index (χ1v) is 14.6. The maximum absolute atomic E-state index is 3.38. The van der Waals surface area contributed by atoms with Gasteiger partial charge in [-0.3, -0.25) is 0 Å². The van der Waals surface area contributed by atoms with Crippen LogP contribution >= 0.6 is 0 Å². The standard InChI is InChI=1S/C38H38/c1-3-5-7-9-11-13-15-29-17-21-33-31(27-29)19-23-37-35(33)25-26-36-34-22-18-30(16-14-12-10-8-6-4-2)28-32(34)20-24-38(36)37/h17-28H,3-12H2,1-2H3. The van der Waals surface area contributed by atoms with Gasteiger partial charge in [-0.25, -0.2) is 0 Å². The van der Waals surface area contributed by atoms with E-state index in [0.717, 1.165) is 24.0 Å². The Labute approximate surface area is 228 Å². The van der Waals surface area contributed by atoms with Gasteiger partial charge in [-0.05, 0) is 80.2 Å². The van der Waals surface area contributed by atoms with Gasteiger partial charge < -0.3 is 0 Å². The van der Waals surface area contributed by atoms with Gasteiger partial charge in [0, 0.05) is 24.0 Å². The highest BCUT2D eigenvalue weighted by molar-refractivity contribution is 6.22. The Morgan fingerprint density at radius 3 is 1.26 bits per heavy atom. The fourth-order valence-corrected chi connectivity index (χ4v) is 5.47. The summed E-state index contributed by atoms with van der Waals surface area (Å²) in [6.45, 7) is 4.50.